The topological polar surface area (TPSA) is 94.7 Å². The number of likely N-dealkylation sites (tertiary alicyclic amines) is 1. The van der Waals surface area contributed by atoms with Crippen LogP contribution in [0.25, 0.3) is 0 Å². The van der Waals surface area contributed by atoms with Gasteiger partial charge in [0.05, 0.1) is 11.1 Å². The molecule has 0 N–H and O–H groups in total. The summed E-state index contributed by atoms with van der Waals surface area (Å²) in [7, 11) is 1.51. The Morgan fingerprint density at radius 2 is 2.00 bits per heavy atom. The maximum atomic E-state index is 12.0. The fourth-order valence-corrected chi connectivity index (χ4v) is 2.32. The minimum atomic E-state index is -0.899. The molecule has 0 radical (unpaired) electrons. The van der Waals surface area contributed by atoms with Crippen LogP contribution in [-0.2, 0) is 16.6 Å². The minimum Gasteiger partial charge on any atom is -0.448 e. The number of aromatic nitrogens is 1. The minimum absolute atomic E-state index is 0.0442. The van der Waals surface area contributed by atoms with Gasteiger partial charge < -0.3 is 14.2 Å². The van der Waals surface area contributed by atoms with E-state index < -0.39 is 17.0 Å². The van der Waals surface area contributed by atoms with Crippen molar-refractivity contribution in [3.8, 4) is 0 Å². The number of carbonyl (C=O) groups excluding carboxylic acids is 2. The van der Waals surface area contributed by atoms with Crippen molar-refractivity contribution in [2.45, 2.75) is 25.9 Å². The van der Waals surface area contributed by atoms with E-state index >= 15 is 0 Å². The zero-order valence-corrected chi connectivity index (χ0v) is 11.9. The molecule has 0 saturated carbocycles. The van der Waals surface area contributed by atoms with Gasteiger partial charge in [-0.1, -0.05) is 0 Å². The lowest BCUT2D eigenvalue weighted by atomic mass is 10.3. The average Bonchev–Trinajstić information content (AvgIpc) is 3.06. The molecule has 1 saturated heterocycles. The zero-order chi connectivity index (χ0) is 15.6. The molecule has 8 nitrogen and oxygen atoms in total. The van der Waals surface area contributed by atoms with Gasteiger partial charge in [-0.15, -0.1) is 0 Å². The monoisotopic (exact) mass is 295 g/mol. The van der Waals surface area contributed by atoms with Crippen LogP contribution in [0.5, 0.6) is 0 Å². The SMILES string of the molecule is CC(OC(=O)c1cc([N+](=O)[O-])cn1C)C(=O)N1CCCC1. The van der Waals surface area contributed by atoms with E-state index in [9.17, 15) is 19.7 Å². The van der Waals surface area contributed by atoms with E-state index in [0.29, 0.717) is 13.1 Å². The molecule has 1 aliphatic rings. The molecule has 0 aliphatic carbocycles. The predicted molar refractivity (Wildman–Crippen MR) is 72.8 cm³/mol. The normalized spacial score (nSPS) is 15.8. The summed E-state index contributed by atoms with van der Waals surface area (Å²) in [6, 6.07) is 1.13. The van der Waals surface area contributed by atoms with E-state index in [2.05, 4.69) is 0 Å². The third kappa shape index (κ3) is 3.21. The molecule has 2 heterocycles. The maximum absolute atomic E-state index is 12.0. The van der Waals surface area contributed by atoms with Gasteiger partial charge in [0.2, 0.25) is 0 Å². The van der Waals surface area contributed by atoms with Crippen molar-refractivity contribution in [1.82, 2.24) is 9.47 Å². The summed E-state index contributed by atoms with van der Waals surface area (Å²) in [4.78, 5) is 35.8. The van der Waals surface area contributed by atoms with Gasteiger partial charge in [-0.2, -0.15) is 0 Å². The van der Waals surface area contributed by atoms with E-state index in [-0.39, 0.29) is 17.3 Å². The van der Waals surface area contributed by atoms with Crippen LogP contribution in [0.15, 0.2) is 12.3 Å². The van der Waals surface area contributed by atoms with Gasteiger partial charge in [0.15, 0.2) is 6.10 Å². The standard InChI is InChI=1S/C13H17N3O5/c1-9(12(17)15-5-3-4-6-15)21-13(18)11-7-10(16(19)20)8-14(11)2/h7-9H,3-6H2,1-2H3. The highest BCUT2D eigenvalue weighted by Crippen LogP contribution is 2.17. The first-order chi connectivity index (χ1) is 9.90. The van der Waals surface area contributed by atoms with Crippen molar-refractivity contribution in [3.05, 3.63) is 28.1 Å². The number of carbonyl (C=O) groups is 2. The molecule has 1 fully saturated rings. The third-order valence-corrected chi connectivity index (χ3v) is 3.46. The number of nitrogens with zero attached hydrogens (tertiary/aromatic N) is 3. The Bertz CT molecular complexity index is 574. The summed E-state index contributed by atoms with van der Waals surface area (Å²) in [6.45, 7) is 2.86. The van der Waals surface area contributed by atoms with Crippen molar-refractivity contribution in [2.75, 3.05) is 13.1 Å². The van der Waals surface area contributed by atoms with Crippen molar-refractivity contribution >= 4 is 17.6 Å². The van der Waals surface area contributed by atoms with Crippen LogP contribution < -0.4 is 0 Å². The van der Waals surface area contributed by atoms with Crippen LogP contribution >= 0.6 is 0 Å². The van der Waals surface area contributed by atoms with Gasteiger partial charge in [-0.3, -0.25) is 14.9 Å². The molecule has 1 atom stereocenters. The number of rotatable bonds is 4. The van der Waals surface area contributed by atoms with Gasteiger partial charge in [0.25, 0.3) is 11.6 Å². The molecule has 21 heavy (non-hydrogen) atoms. The van der Waals surface area contributed by atoms with Crippen LogP contribution in [0.3, 0.4) is 0 Å². The van der Waals surface area contributed by atoms with Crippen LogP contribution in [0.4, 0.5) is 5.69 Å². The zero-order valence-electron chi connectivity index (χ0n) is 11.9. The molecule has 114 valence electrons. The molecule has 1 unspecified atom stereocenters. The Labute approximate surface area is 121 Å². The molecule has 0 aromatic carbocycles. The van der Waals surface area contributed by atoms with E-state index in [1.165, 1.54) is 24.7 Å². The highest BCUT2D eigenvalue weighted by Gasteiger charge is 2.27. The largest absolute Gasteiger partial charge is 0.448 e. The smallest absolute Gasteiger partial charge is 0.355 e. The van der Waals surface area contributed by atoms with Crippen LogP contribution in [0.2, 0.25) is 0 Å². The molecule has 1 aromatic heterocycles. The van der Waals surface area contributed by atoms with E-state index in [1.807, 2.05) is 0 Å². The molecular formula is C13H17N3O5. The number of amides is 1. The number of ether oxygens (including phenoxy) is 1. The maximum Gasteiger partial charge on any atom is 0.355 e. The molecule has 1 amide bonds. The lowest BCUT2D eigenvalue weighted by Crippen LogP contribution is -2.38. The summed E-state index contributed by atoms with van der Waals surface area (Å²) in [5.74, 6) is -0.977. The number of aryl methyl sites for hydroxylation is 1. The number of hydrogen-bond acceptors (Lipinski definition) is 5. The molecule has 1 aromatic rings. The second-order valence-electron chi connectivity index (χ2n) is 5.03. The summed E-state index contributed by atoms with van der Waals surface area (Å²) < 4.78 is 6.42. The molecule has 1 aliphatic heterocycles. The lowest BCUT2D eigenvalue weighted by Gasteiger charge is -2.20. The molecule has 8 heteroatoms. The Balaban J connectivity index is 2.03. The Morgan fingerprint density at radius 3 is 2.52 bits per heavy atom. The van der Waals surface area contributed by atoms with E-state index in [0.717, 1.165) is 18.9 Å². The molecular weight excluding hydrogens is 278 g/mol. The van der Waals surface area contributed by atoms with Gasteiger partial charge in [0, 0.05) is 26.2 Å². The first-order valence-electron chi connectivity index (χ1n) is 6.70. The van der Waals surface area contributed by atoms with Crippen molar-refractivity contribution in [1.29, 1.82) is 0 Å². The summed E-state index contributed by atoms with van der Waals surface area (Å²) >= 11 is 0. The van der Waals surface area contributed by atoms with Gasteiger partial charge >= 0.3 is 5.97 Å². The first kappa shape index (κ1) is 15.0. The summed E-state index contributed by atoms with van der Waals surface area (Å²) in [5, 5.41) is 10.7. The molecule has 0 spiro atoms. The fourth-order valence-electron chi connectivity index (χ4n) is 2.32. The van der Waals surface area contributed by atoms with Gasteiger partial charge in [-0.25, -0.2) is 4.79 Å². The quantitative estimate of drug-likeness (QED) is 0.471. The Kier molecular flexibility index (Phi) is 4.25. The predicted octanol–water partition coefficient (Wildman–Crippen LogP) is 1.10. The molecule has 0 bridgehead atoms. The van der Waals surface area contributed by atoms with Crippen molar-refractivity contribution in [2.24, 2.45) is 7.05 Å². The Hall–Kier alpha value is -2.38. The van der Waals surface area contributed by atoms with Gasteiger partial charge in [-0.05, 0) is 19.8 Å². The van der Waals surface area contributed by atoms with Crippen LogP contribution in [0, 0.1) is 10.1 Å². The number of nitro groups is 1. The lowest BCUT2D eigenvalue weighted by molar-refractivity contribution is -0.384. The Morgan fingerprint density at radius 1 is 1.38 bits per heavy atom. The second-order valence-corrected chi connectivity index (χ2v) is 5.03. The summed E-state index contributed by atoms with van der Waals surface area (Å²) in [6.07, 6.45) is 2.24. The highest BCUT2D eigenvalue weighted by molar-refractivity contribution is 5.91. The number of esters is 1. The highest BCUT2D eigenvalue weighted by atomic mass is 16.6. The number of hydrogen-bond donors (Lipinski definition) is 0. The van der Waals surface area contributed by atoms with Crippen LogP contribution in [-0.4, -0.2) is 45.5 Å². The summed E-state index contributed by atoms with van der Waals surface area (Å²) in [5.41, 5.74) is -0.147. The third-order valence-electron chi connectivity index (χ3n) is 3.46. The average molecular weight is 295 g/mol. The van der Waals surface area contributed by atoms with E-state index in [1.54, 1.807) is 4.90 Å². The van der Waals surface area contributed by atoms with E-state index in [4.69, 9.17) is 4.74 Å². The van der Waals surface area contributed by atoms with Crippen molar-refractivity contribution in [3.63, 3.8) is 0 Å². The first-order valence-corrected chi connectivity index (χ1v) is 6.70. The van der Waals surface area contributed by atoms with Crippen molar-refractivity contribution < 1.29 is 19.2 Å². The molecule has 2 rings (SSSR count). The van der Waals surface area contributed by atoms with Crippen LogP contribution in [0.1, 0.15) is 30.3 Å². The fraction of sp³-hybridized carbons (Fsp3) is 0.538. The second kappa shape index (κ2) is 5.94. The van der Waals surface area contributed by atoms with Gasteiger partial charge in [0.1, 0.15) is 5.69 Å².